The molecule has 1 heterocycles. The van der Waals surface area contributed by atoms with E-state index in [-0.39, 0.29) is 0 Å². The van der Waals surface area contributed by atoms with Crippen LogP contribution in [0.4, 0.5) is 0 Å². The summed E-state index contributed by atoms with van der Waals surface area (Å²) in [6.45, 7) is 6.21. The molecule has 0 aliphatic heterocycles. The highest BCUT2D eigenvalue weighted by Gasteiger charge is 1.84. The first-order valence-electron chi connectivity index (χ1n) is 3.77. The normalized spacial score (nSPS) is 8.36. The van der Waals surface area contributed by atoms with E-state index in [1.807, 2.05) is 13.0 Å². The summed E-state index contributed by atoms with van der Waals surface area (Å²) in [5.74, 6) is 0. The molecule has 0 atom stereocenters. The van der Waals surface area contributed by atoms with Crippen molar-refractivity contribution in [2.75, 3.05) is 0 Å². The first-order valence-corrected chi connectivity index (χ1v) is 4.15. The van der Waals surface area contributed by atoms with Crippen LogP contribution in [0.25, 0.3) is 0 Å². The first kappa shape index (κ1) is 10.4. The van der Waals surface area contributed by atoms with Crippen LogP contribution in [0.15, 0.2) is 18.5 Å². The molecule has 0 radical (unpaired) electrons. The third-order valence-electron chi connectivity index (χ3n) is 0.842. The molecule has 0 aliphatic rings. The Hall–Kier alpha value is -0.560. The Bertz CT molecular complexity index is 181. The van der Waals surface area contributed by atoms with Crippen LogP contribution >= 0.6 is 11.6 Å². The van der Waals surface area contributed by atoms with Gasteiger partial charge in [-0.05, 0) is 18.6 Å². The lowest BCUT2D eigenvalue weighted by atomic mass is 10.3. The second-order valence-electron chi connectivity index (χ2n) is 2.39. The van der Waals surface area contributed by atoms with E-state index >= 15 is 0 Å². The lowest BCUT2D eigenvalue weighted by Crippen LogP contribution is -1.73. The maximum atomic E-state index is 5.58. The quantitative estimate of drug-likeness (QED) is 0.583. The van der Waals surface area contributed by atoms with Crippen molar-refractivity contribution in [3.05, 3.63) is 29.0 Å². The highest BCUT2D eigenvalue weighted by molar-refractivity contribution is 6.30. The monoisotopic (exact) mass is 171 g/mol. The average molecular weight is 172 g/mol. The molecule has 1 rings (SSSR count). The fourth-order valence-electron chi connectivity index (χ4n) is 0.518. The van der Waals surface area contributed by atoms with Crippen molar-refractivity contribution in [3.8, 4) is 0 Å². The van der Waals surface area contributed by atoms with E-state index in [0.29, 0.717) is 5.02 Å². The summed E-state index contributed by atoms with van der Waals surface area (Å²) in [4.78, 5) is 3.85. The fourth-order valence-corrected chi connectivity index (χ4v) is 0.747. The van der Waals surface area contributed by atoms with Gasteiger partial charge in [0.25, 0.3) is 0 Å². The second-order valence-corrected chi connectivity index (χ2v) is 2.82. The van der Waals surface area contributed by atoms with E-state index in [0.717, 1.165) is 5.56 Å². The minimum atomic E-state index is 0.699. The molecule has 1 aromatic heterocycles. The molecule has 0 amide bonds. The molecule has 0 saturated heterocycles. The van der Waals surface area contributed by atoms with E-state index in [1.165, 1.54) is 6.42 Å². The minimum absolute atomic E-state index is 0.699. The van der Waals surface area contributed by atoms with Gasteiger partial charge in [0, 0.05) is 12.4 Å². The van der Waals surface area contributed by atoms with Gasteiger partial charge in [0.1, 0.15) is 0 Å². The average Bonchev–Trinajstić information content (AvgIpc) is 1.88. The number of hydrogen-bond acceptors (Lipinski definition) is 1. The van der Waals surface area contributed by atoms with Gasteiger partial charge in [0.2, 0.25) is 0 Å². The maximum absolute atomic E-state index is 5.58. The Morgan fingerprint density at radius 1 is 1.36 bits per heavy atom. The summed E-state index contributed by atoms with van der Waals surface area (Å²) in [6, 6.07) is 1.87. The number of hydrogen-bond donors (Lipinski definition) is 0. The Balaban J connectivity index is 0.000000292. The molecule has 0 unspecified atom stereocenters. The van der Waals surface area contributed by atoms with Gasteiger partial charge in [-0.2, -0.15) is 0 Å². The van der Waals surface area contributed by atoms with E-state index < -0.39 is 0 Å². The van der Waals surface area contributed by atoms with Crippen molar-refractivity contribution in [2.24, 2.45) is 0 Å². The Morgan fingerprint density at radius 3 is 2.18 bits per heavy atom. The number of nitrogens with zero attached hydrogens (tertiary/aromatic N) is 1. The van der Waals surface area contributed by atoms with E-state index in [2.05, 4.69) is 18.8 Å². The van der Waals surface area contributed by atoms with Crippen LogP contribution < -0.4 is 0 Å². The Kier molecular flexibility index (Phi) is 5.86. The van der Waals surface area contributed by atoms with Crippen molar-refractivity contribution in [1.29, 1.82) is 0 Å². The molecule has 11 heavy (non-hydrogen) atoms. The lowest BCUT2D eigenvalue weighted by molar-refractivity contribution is 1.09. The van der Waals surface area contributed by atoms with E-state index in [4.69, 9.17) is 11.6 Å². The van der Waals surface area contributed by atoms with Crippen LogP contribution in [0.5, 0.6) is 0 Å². The zero-order valence-electron chi connectivity index (χ0n) is 7.26. The second kappa shape index (κ2) is 6.17. The summed E-state index contributed by atoms with van der Waals surface area (Å²) < 4.78 is 0. The molecular weight excluding hydrogens is 158 g/mol. The van der Waals surface area contributed by atoms with Crippen molar-refractivity contribution >= 4 is 11.6 Å². The third-order valence-corrected chi connectivity index (χ3v) is 1.05. The topological polar surface area (TPSA) is 12.9 Å². The number of rotatable bonds is 0. The SMILES string of the molecule is CCC.Cc1cncc(Cl)c1. The number of halogens is 1. The molecule has 0 bridgehead atoms. The molecule has 1 nitrogen and oxygen atoms in total. The zero-order chi connectivity index (χ0) is 8.69. The van der Waals surface area contributed by atoms with Gasteiger partial charge in [-0.15, -0.1) is 0 Å². The number of aromatic nitrogens is 1. The van der Waals surface area contributed by atoms with Gasteiger partial charge in [-0.1, -0.05) is 31.9 Å². The molecule has 0 saturated carbocycles. The van der Waals surface area contributed by atoms with E-state index in [9.17, 15) is 0 Å². The predicted molar refractivity (Wildman–Crippen MR) is 49.9 cm³/mol. The molecule has 62 valence electrons. The summed E-state index contributed by atoms with van der Waals surface area (Å²) >= 11 is 5.58. The summed E-state index contributed by atoms with van der Waals surface area (Å²) in [6.07, 6.45) is 4.64. The van der Waals surface area contributed by atoms with Gasteiger partial charge in [0.05, 0.1) is 5.02 Å². The largest absolute Gasteiger partial charge is 0.263 e. The highest BCUT2D eigenvalue weighted by Crippen LogP contribution is 2.05. The maximum Gasteiger partial charge on any atom is 0.0591 e. The standard InChI is InChI=1S/C6H6ClN.C3H8/c1-5-2-6(7)4-8-3-5;1-3-2/h2-4H,1H3;3H2,1-2H3. The van der Waals surface area contributed by atoms with Crippen LogP contribution in [0.3, 0.4) is 0 Å². The van der Waals surface area contributed by atoms with Crippen LogP contribution in [-0.4, -0.2) is 4.98 Å². The van der Waals surface area contributed by atoms with Gasteiger partial charge in [-0.3, -0.25) is 4.98 Å². The van der Waals surface area contributed by atoms with Crippen LogP contribution in [0.1, 0.15) is 25.8 Å². The number of pyridine rings is 1. The first-order chi connectivity index (χ1) is 5.20. The van der Waals surface area contributed by atoms with Crippen LogP contribution in [-0.2, 0) is 0 Å². The van der Waals surface area contributed by atoms with Crippen molar-refractivity contribution in [3.63, 3.8) is 0 Å². The van der Waals surface area contributed by atoms with Crippen molar-refractivity contribution in [1.82, 2.24) is 4.98 Å². The molecule has 1 aromatic rings. The van der Waals surface area contributed by atoms with Crippen molar-refractivity contribution in [2.45, 2.75) is 27.2 Å². The molecule has 0 N–H and O–H groups in total. The molecule has 0 aliphatic carbocycles. The predicted octanol–water partition coefficient (Wildman–Crippen LogP) is 3.46. The smallest absolute Gasteiger partial charge is 0.0591 e. The van der Waals surface area contributed by atoms with Gasteiger partial charge >= 0.3 is 0 Å². The molecule has 0 spiro atoms. The van der Waals surface area contributed by atoms with Crippen LogP contribution in [0, 0.1) is 6.92 Å². The highest BCUT2D eigenvalue weighted by atomic mass is 35.5. The molecular formula is C9H14ClN. The molecule has 0 fully saturated rings. The summed E-state index contributed by atoms with van der Waals surface area (Å²) in [5.41, 5.74) is 1.09. The number of aryl methyl sites for hydroxylation is 1. The Morgan fingerprint density at radius 2 is 1.91 bits per heavy atom. The Labute approximate surface area is 73.4 Å². The van der Waals surface area contributed by atoms with Crippen molar-refractivity contribution < 1.29 is 0 Å². The van der Waals surface area contributed by atoms with E-state index in [1.54, 1.807) is 12.4 Å². The van der Waals surface area contributed by atoms with Gasteiger partial charge in [0.15, 0.2) is 0 Å². The minimum Gasteiger partial charge on any atom is -0.263 e. The fraction of sp³-hybridized carbons (Fsp3) is 0.444. The van der Waals surface area contributed by atoms with Crippen LogP contribution in [0.2, 0.25) is 5.02 Å². The lowest BCUT2D eigenvalue weighted by Gasteiger charge is -1.88. The summed E-state index contributed by atoms with van der Waals surface area (Å²) in [7, 11) is 0. The zero-order valence-corrected chi connectivity index (χ0v) is 8.02. The molecule has 2 heteroatoms. The molecule has 0 aromatic carbocycles. The van der Waals surface area contributed by atoms with Gasteiger partial charge < -0.3 is 0 Å². The van der Waals surface area contributed by atoms with Gasteiger partial charge in [-0.25, -0.2) is 0 Å². The summed E-state index contributed by atoms with van der Waals surface area (Å²) in [5, 5.41) is 0.699. The third kappa shape index (κ3) is 5.86.